The summed E-state index contributed by atoms with van der Waals surface area (Å²) >= 11 is 0. The first-order chi connectivity index (χ1) is 12.0. The van der Waals surface area contributed by atoms with E-state index in [0.29, 0.717) is 6.54 Å². The van der Waals surface area contributed by atoms with Gasteiger partial charge in [-0.2, -0.15) is 0 Å². The summed E-state index contributed by atoms with van der Waals surface area (Å²) in [5.74, 6) is 1.24. The molecule has 2 amide bonds. The number of hydrogen-bond donors (Lipinski definition) is 1. The van der Waals surface area contributed by atoms with Crippen molar-refractivity contribution in [2.75, 3.05) is 18.4 Å². The number of carbonyl (C=O) groups is 1. The summed E-state index contributed by atoms with van der Waals surface area (Å²) in [6.07, 6.45) is 3.80. The second-order valence-corrected chi connectivity index (χ2v) is 6.96. The highest BCUT2D eigenvalue weighted by Crippen LogP contribution is 2.27. The lowest BCUT2D eigenvalue weighted by molar-refractivity contribution is 0.190. The van der Waals surface area contributed by atoms with Gasteiger partial charge in [0.05, 0.1) is 0 Å². The van der Waals surface area contributed by atoms with Crippen molar-refractivity contribution in [1.82, 2.24) is 19.7 Å². The first-order valence-corrected chi connectivity index (χ1v) is 9.01. The van der Waals surface area contributed by atoms with Crippen LogP contribution in [0, 0.1) is 20.8 Å². The predicted molar refractivity (Wildman–Crippen MR) is 98.9 cm³/mol. The zero-order chi connectivity index (χ0) is 18.0. The molecule has 1 N–H and O–H groups in total. The summed E-state index contributed by atoms with van der Waals surface area (Å²) in [5, 5.41) is 11.4. The van der Waals surface area contributed by atoms with E-state index >= 15 is 0 Å². The summed E-state index contributed by atoms with van der Waals surface area (Å²) < 4.78 is 2.07. The van der Waals surface area contributed by atoms with Crippen molar-refractivity contribution in [3.8, 4) is 0 Å². The van der Waals surface area contributed by atoms with Crippen LogP contribution in [-0.2, 0) is 6.54 Å². The fraction of sp³-hybridized carbons (Fsp3) is 0.526. The molecule has 0 saturated carbocycles. The van der Waals surface area contributed by atoms with Gasteiger partial charge in [0, 0.05) is 31.2 Å². The fourth-order valence-corrected chi connectivity index (χ4v) is 3.76. The number of nitrogens with zero attached hydrogens (tertiary/aromatic N) is 4. The van der Waals surface area contributed by atoms with Gasteiger partial charge < -0.3 is 14.8 Å². The number of carbonyl (C=O) groups excluding carboxylic acids is 1. The fourth-order valence-electron chi connectivity index (χ4n) is 3.76. The molecule has 3 rings (SSSR count). The Morgan fingerprint density at radius 1 is 1.28 bits per heavy atom. The van der Waals surface area contributed by atoms with Crippen molar-refractivity contribution in [2.24, 2.45) is 0 Å². The maximum absolute atomic E-state index is 12.8. The SMILES string of the molecule is CCn1cnnc1[C@H]1CCCN(C(=O)Nc2c(C)cc(C)cc2C)C1. The van der Waals surface area contributed by atoms with Gasteiger partial charge in [-0.05, 0) is 51.7 Å². The smallest absolute Gasteiger partial charge is 0.321 e. The molecule has 1 aromatic carbocycles. The van der Waals surface area contributed by atoms with E-state index in [1.165, 1.54) is 5.56 Å². The lowest BCUT2D eigenvalue weighted by Gasteiger charge is -2.32. The van der Waals surface area contributed by atoms with Crippen LogP contribution >= 0.6 is 0 Å². The molecule has 134 valence electrons. The van der Waals surface area contributed by atoms with Crippen LogP contribution in [0.5, 0.6) is 0 Å². The molecule has 1 fully saturated rings. The number of hydrogen-bond acceptors (Lipinski definition) is 3. The highest BCUT2D eigenvalue weighted by molar-refractivity contribution is 5.91. The number of piperidine rings is 1. The zero-order valence-corrected chi connectivity index (χ0v) is 15.5. The van der Waals surface area contributed by atoms with Gasteiger partial charge in [-0.3, -0.25) is 0 Å². The summed E-state index contributed by atoms with van der Waals surface area (Å²) in [5.41, 5.74) is 4.34. The van der Waals surface area contributed by atoms with Crippen molar-refractivity contribution in [3.63, 3.8) is 0 Å². The molecule has 1 aliphatic heterocycles. The molecule has 1 saturated heterocycles. The topological polar surface area (TPSA) is 63.1 Å². The van der Waals surface area contributed by atoms with Gasteiger partial charge in [0.1, 0.15) is 12.2 Å². The third-order valence-electron chi connectivity index (χ3n) is 4.97. The van der Waals surface area contributed by atoms with E-state index in [1.807, 2.05) is 18.7 Å². The molecule has 0 aliphatic carbocycles. The summed E-state index contributed by atoms with van der Waals surface area (Å²) in [6, 6.07) is 4.18. The van der Waals surface area contributed by atoms with E-state index in [4.69, 9.17) is 0 Å². The summed E-state index contributed by atoms with van der Waals surface area (Å²) in [7, 11) is 0. The van der Waals surface area contributed by atoms with Crippen LogP contribution in [-0.4, -0.2) is 38.8 Å². The minimum atomic E-state index is -0.0256. The van der Waals surface area contributed by atoms with Crippen LogP contribution in [0.1, 0.15) is 48.2 Å². The van der Waals surface area contributed by atoms with Crippen molar-refractivity contribution in [2.45, 2.75) is 53.0 Å². The van der Waals surface area contributed by atoms with Gasteiger partial charge in [-0.15, -0.1) is 10.2 Å². The van der Waals surface area contributed by atoms with Crippen molar-refractivity contribution in [1.29, 1.82) is 0 Å². The number of likely N-dealkylation sites (tertiary alicyclic amines) is 1. The quantitative estimate of drug-likeness (QED) is 0.927. The Hall–Kier alpha value is -2.37. The van der Waals surface area contributed by atoms with Crippen LogP contribution in [0.2, 0.25) is 0 Å². The predicted octanol–water partition coefficient (Wildman–Crippen LogP) is 3.63. The highest BCUT2D eigenvalue weighted by Gasteiger charge is 2.28. The Balaban J connectivity index is 1.72. The van der Waals surface area contributed by atoms with Crippen LogP contribution in [0.4, 0.5) is 10.5 Å². The maximum Gasteiger partial charge on any atom is 0.321 e. The number of benzene rings is 1. The molecule has 1 aromatic heterocycles. The van der Waals surface area contributed by atoms with Gasteiger partial charge in [0.2, 0.25) is 0 Å². The van der Waals surface area contributed by atoms with Crippen LogP contribution < -0.4 is 5.32 Å². The van der Waals surface area contributed by atoms with Gasteiger partial charge in [0.25, 0.3) is 0 Å². The average molecular weight is 341 g/mol. The Morgan fingerprint density at radius 3 is 2.68 bits per heavy atom. The number of nitrogens with one attached hydrogen (secondary N) is 1. The van der Waals surface area contributed by atoms with Crippen LogP contribution in [0.3, 0.4) is 0 Å². The summed E-state index contributed by atoms with van der Waals surface area (Å²) in [6.45, 7) is 10.6. The standard InChI is InChI=1S/C19H27N5O/c1-5-23-12-20-22-18(23)16-7-6-8-24(11-16)19(25)21-17-14(3)9-13(2)10-15(17)4/h9-10,12,16H,5-8,11H2,1-4H3,(H,21,25)/t16-/m0/s1. The number of aromatic nitrogens is 3. The van der Waals surface area contributed by atoms with Crippen LogP contribution in [0.25, 0.3) is 0 Å². The van der Waals surface area contributed by atoms with E-state index in [0.717, 1.165) is 48.6 Å². The third kappa shape index (κ3) is 3.67. The lowest BCUT2D eigenvalue weighted by Crippen LogP contribution is -2.42. The highest BCUT2D eigenvalue weighted by atomic mass is 16.2. The van der Waals surface area contributed by atoms with Crippen molar-refractivity contribution >= 4 is 11.7 Å². The van der Waals surface area contributed by atoms with E-state index in [9.17, 15) is 4.79 Å². The monoisotopic (exact) mass is 341 g/mol. The van der Waals surface area contributed by atoms with Gasteiger partial charge >= 0.3 is 6.03 Å². The van der Waals surface area contributed by atoms with Gasteiger partial charge in [-0.25, -0.2) is 4.79 Å². The Morgan fingerprint density at radius 2 is 2.00 bits per heavy atom. The van der Waals surface area contributed by atoms with E-state index < -0.39 is 0 Å². The lowest BCUT2D eigenvalue weighted by atomic mass is 9.97. The van der Waals surface area contributed by atoms with Gasteiger partial charge in [-0.1, -0.05) is 17.7 Å². The number of anilines is 1. The molecule has 25 heavy (non-hydrogen) atoms. The second kappa shape index (κ2) is 7.25. The van der Waals surface area contributed by atoms with Crippen LogP contribution in [0.15, 0.2) is 18.5 Å². The number of aryl methyl sites for hydroxylation is 4. The molecule has 1 aliphatic rings. The van der Waals surface area contributed by atoms with Gasteiger partial charge in [0.15, 0.2) is 0 Å². The minimum absolute atomic E-state index is 0.0256. The van der Waals surface area contributed by atoms with E-state index in [-0.39, 0.29) is 11.9 Å². The third-order valence-corrected chi connectivity index (χ3v) is 4.97. The number of amides is 2. The van der Waals surface area contributed by atoms with Crippen molar-refractivity contribution in [3.05, 3.63) is 41.0 Å². The van der Waals surface area contributed by atoms with E-state index in [2.05, 4.69) is 46.1 Å². The second-order valence-electron chi connectivity index (χ2n) is 6.96. The normalized spacial score (nSPS) is 17.6. The molecule has 6 nitrogen and oxygen atoms in total. The molecular weight excluding hydrogens is 314 g/mol. The molecule has 6 heteroatoms. The average Bonchev–Trinajstić information content (AvgIpc) is 3.06. The molecule has 1 atom stereocenters. The molecule has 2 heterocycles. The maximum atomic E-state index is 12.8. The minimum Gasteiger partial charge on any atom is -0.324 e. The first kappa shape index (κ1) is 17.5. The van der Waals surface area contributed by atoms with E-state index in [1.54, 1.807) is 6.33 Å². The Labute approximate surface area is 149 Å². The molecule has 0 unspecified atom stereocenters. The molecular formula is C19H27N5O. The molecule has 0 bridgehead atoms. The Kier molecular flexibility index (Phi) is 5.06. The molecule has 2 aromatic rings. The zero-order valence-electron chi connectivity index (χ0n) is 15.5. The largest absolute Gasteiger partial charge is 0.324 e. The number of urea groups is 1. The Bertz CT molecular complexity index is 744. The number of rotatable bonds is 3. The molecule has 0 spiro atoms. The first-order valence-electron chi connectivity index (χ1n) is 9.01. The summed E-state index contributed by atoms with van der Waals surface area (Å²) in [4.78, 5) is 14.7. The molecule has 0 radical (unpaired) electrons. The van der Waals surface area contributed by atoms with Crippen molar-refractivity contribution < 1.29 is 4.79 Å².